The van der Waals surface area contributed by atoms with Gasteiger partial charge in [-0.15, -0.1) is 5.10 Å². The first kappa shape index (κ1) is 16.8. The summed E-state index contributed by atoms with van der Waals surface area (Å²) in [5.74, 6) is 0.723. The number of anilines is 2. The second kappa shape index (κ2) is 6.94. The molecule has 0 bridgehead atoms. The Bertz CT molecular complexity index is 914. The van der Waals surface area contributed by atoms with Crippen LogP contribution in [-0.4, -0.2) is 27.2 Å². The SMILES string of the molecule is CCN(c1cc(N)n2nc(-c3cccc(F)c3)nc2c1)C1CCCCC1. The Kier molecular flexibility index (Phi) is 4.49. The second-order valence-electron chi connectivity index (χ2n) is 6.93. The highest BCUT2D eigenvalue weighted by Crippen LogP contribution is 2.30. The van der Waals surface area contributed by atoms with Gasteiger partial charge in [-0.25, -0.2) is 9.37 Å². The summed E-state index contributed by atoms with van der Waals surface area (Å²) >= 11 is 0. The van der Waals surface area contributed by atoms with Crippen molar-refractivity contribution in [3.05, 3.63) is 42.2 Å². The van der Waals surface area contributed by atoms with Gasteiger partial charge in [-0.2, -0.15) is 4.52 Å². The zero-order valence-corrected chi connectivity index (χ0v) is 15.0. The van der Waals surface area contributed by atoms with Gasteiger partial charge in [-0.3, -0.25) is 0 Å². The molecule has 1 fully saturated rings. The molecule has 2 heterocycles. The summed E-state index contributed by atoms with van der Waals surface area (Å²) in [6.07, 6.45) is 6.35. The number of nitrogens with two attached hydrogens (primary N) is 1. The Labute approximate surface area is 152 Å². The fraction of sp³-hybridized carbons (Fsp3) is 0.400. The van der Waals surface area contributed by atoms with Crippen LogP contribution in [-0.2, 0) is 0 Å². The van der Waals surface area contributed by atoms with E-state index in [9.17, 15) is 4.39 Å². The van der Waals surface area contributed by atoms with E-state index in [1.54, 1.807) is 16.6 Å². The summed E-state index contributed by atoms with van der Waals surface area (Å²) in [4.78, 5) is 7.01. The molecule has 0 spiro atoms. The molecule has 5 nitrogen and oxygen atoms in total. The van der Waals surface area contributed by atoms with Gasteiger partial charge in [-0.1, -0.05) is 31.4 Å². The van der Waals surface area contributed by atoms with Gasteiger partial charge in [-0.05, 0) is 31.9 Å². The summed E-state index contributed by atoms with van der Waals surface area (Å²) in [6, 6.07) is 10.9. The van der Waals surface area contributed by atoms with Crippen LogP contribution in [0, 0.1) is 5.82 Å². The molecule has 0 saturated heterocycles. The van der Waals surface area contributed by atoms with Gasteiger partial charge in [0.05, 0.1) is 0 Å². The van der Waals surface area contributed by atoms with Crippen molar-refractivity contribution >= 4 is 17.2 Å². The number of nitrogens with zero attached hydrogens (tertiary/aromatic N) is 4. The molecule has 1 aliphatic carbocycles. The van der Waals surface area contributed by atoms with Gasteiger partial charge < -0.3 is 10.6 Å². The van der Waals surface area contributed by atoms with Crippen LogP contribution in [0.3, 0.4) is 0 Å². The molecule has 1 aliphatic rings. The molecule has 0 amide bonds. The number of pyridine rings is 1. The van der Waals surface area contributed by atoms with Crippen molar-refractivity contribution in [1.29, 1.82) is 0 Å². The fourth-order valence-corrected chi connectivity index (χ4v) is 3.95. The topological polar surface area (TPSA) is 59.5 Å². The molecule has 6 heteroatoms. The van der Waals surface area contributed by atoms with Gasteiger partial charge in [0.15, 0.2) is 11.5 Å². The Morgan fingerprint density at radius 2 is 2.00 bits per heavy atom. The second-order valence-corrected chi connectivity index (χ2v) is 6.93. The maximum Gasteiger partial charge on any atom is 0.182 e. The monoisotopic (exact) mass is 353 g/mol. The molecule has 0 atom stereocenters. The first-order chi connectivity index (χ1) is 12.7. The highest BCUT2D eigenvalue weighted by molar-refractivity contribution is 5.66. The molecule has 0 radical (unpaired) electrons. The van der Waals surface area contributed by atoms with Crippen molar-refractivity contribution in [2.24, 2.45) is 0 Å². The van der Waals surface area contributed by atoms with E-state index in [0.29, 0.717) is 28.9 Å². The number of fused-ring (bicyclic) bond motifs is 1. The standard InChI is InChI=1S/C20H24FN5/c1-2-25(16-9-4-3-5-10-16)17-12-18(22)26-19(13-17)23-20(24-26)14-7-6-8-15(21)11-14/h6-8,11-13,16H,2-5,9-10,22H2,1H3. The average molecular weight is 353 g/mol. The van der Waals surface area contributed by atoms with E-state index >= 15 is 0 Å². The Morgan fingerprint density at radius 3 is 2.73 bits per heavy atom. The predicted molar refractivity (Wildman–Crippen MR) is 103 cm³/mol. The molecule has 2 N–H and O–H groups in total. The molecular formula is C20H24FN5. The molecule has 0 aliphatic heterocycles. The number of halogens is 1. The van der Waals surface area contributed by atoms with Gasteiger partial charge in [0.25, 0.3) is 0 Å². The molecular weight excluding hydrogens is 329 g/mol. The van der Waals surface area contributed by atoms with E-state index in [4.69, 9.17) is 5.73 Å². The minimum Gasteiger partial charge on any atom is -0.384 e. The van der Waals surface area contributed by atoms with E-state index in [-0.39, 0.29) is 5.82 Å². The molecule has 136 valence electrons. The van der Waals surface area contributed by atoms with Crippen LogP contribution in [0.15, 0.2) is 36.4 Å². The molecule has 2 aromatic heterocycles. The lowest BCUT2D eigenvalue weighted by Crippen LogP contribution is -2.36. The van der Waals surface area contributed by atoms with E-state index in [2.05, 4.69) is 21.9 Å². The Balaban J connectivity index is 1.73. The minimum atomic E-state index is -0.301. The summed E-state index contributed by atoms with van der Waals surface area (Å²) < 4.78 is 15.1. The van der Waals surface area contributed by atoms with Crippen LogP contribution in [0.25, 0.3) is 17.0 Å². The zero-order valence-electron chi connectivity index (χ0n) is 15.0. The molecule has 1 aromatic carbocycles. The number of rotatable bonds is 4. The summed E-state index contributed by atoms with van der Waals surface area (Å²) in [7, 11) is 0. The lowest BCUT2D eigenvalue weighted by Gasteiger charge is -2.35. The van der Waals surface area contributed by atoms with Crippen molar-refractivity contribution in [2.75, 3.05) is 17.2 Å². The third-order valence-corrected chi connectivity index (χ3v) is 5.22. The average Bonchev–Trinajstić information content (AvgIpc) is 3.08. The lowest BCUT2D eigenvalue weighted by atomic mass is 9.94. The highest BCUT2D eigenvalue weighted by atomic mass is 19.1. The van der Waals surface area contributed by atoms with Crippen LogP contribution in [0.5, 0.6) is 0 Å². The van der Waals surface area contributed by atoms with Crippen LogP contribution in [0.4, 0.5) is 15.9 Å². The highest BCUT2D eigenvalue weighted by Gasteiger charge is 2.21. The summed E-state index contributed by atoms with van der Waals surface area (Å²) in [6.45, 7) is 3.11. The van der Waals surface area contributed by atoms with Crippen molar-refractivity contribution in [1.82, 2.24) is 14.6 Å². The largest absolute Gasteiger partial charge is 0.384 e. The number of aromatic nitrogens is 3. The van der Waals surface area contributed by atoms with E-state index in [1.165, 1.54) is 44.2 Å². The fourth-order valence-electron chi connectivity index (χ4n) is 3.95. The number of nitrogen functional groups attached to an aromatic ring is 1. The van der Waals surface area contributed by atoms with Crippen molar-refractivity contribution in [3.8, 4) is 11.4 Å². The third kappa shape index (κ3) is 3.11. The molecule has 1 saturated carbocycles. The van der Waals surface area contributed by atoms with Crippen molar-refractivity contribution < 1.29 is 4.39 Å². The van der Waals surface area contributed by atoms with E-state index in [1.807, 2.05) is 12.1 Å². The maximum atomic E-state index is 13.5. The summed E-state index contributed by atoms with van der Waals surface area (Å²) in [5, 5.41) is 4.46. The van der Waals surface area contributed by atoms with Crippen LogP contribution >= 0.6 is 0 Å². The molecule has 26 heavy (non-hydrogen) atoms. The first-order valence-corrected chi connectivity index (χ1v) is 9.34. The predicted octanol–water partition coefficient (Wildman–Crippen LogP) is 4.28. The van der Waals surface area contributed by atoms with Crippen LogP contribution in [0.2, 0.25) is 0 Å². The van der Waals surface area contributed by atoms with Gasteiger partial charge >= 0.3 is 0 Å². The van der Waals surface area contributed by atoms with E-state index in [0.717, 1.165) is 12.2 Å². The van der Waals surface area contributed by atoms with Crippen LogP contribution in [0.1, 0.15) is 39.0 Å². The zero-order chi connectivity index (χ0) is 18.1. The van der Waals surface area contributed by atoms with Crippen molar-refractivity contribution in [2.45, 2.75) is 45.1 Å². The quantitative estimate of drug-likeness (QED) is 0.761. The summed E-state index contributed by atoms with van der Waals surface area (Å²) in [5.41, 5.74) is 8.68. The van der Waals surface area contributed by atoms with Crippen molar-refractivity contribution in [3.63, 3.8) is 0 Å². The van der Waals surface area contributed by atoms with Gasteiger partial charge in [0, 0.05) is 36.0 Å². The van der Waals surface area contributed by atoms with Gasteiger partial charge in [0.1, 0.15) is 11.6 Å². The van der Waals surface area contributed by atoms with Crippen LogP contribution < -0.4 is 10.6 Å². The molecule has 0 unspecified atom stereocenters. The molecule has 3 aromatic rings. The van der Waals surface area contributed by atoms with Gasteiger partial charge in [0.2, 0.25) is 0 Å². The Morgan fingerprint density at radius 1 is 1.19 bits per heavy atom. The van der Waals surface area contributed by atoms with E-state index < -0.39 is 0 Å². The Hall–Kier alpha value is -2.63. The lowest BCUT2D eigenvalue weighted by molar-refractivity contribution is 0.418. The maximum absolute atomic E-state index is 13.5. The number of hydrogen-bond donors (Lipinski definition) is 1. The third-order valence-electron chi connectivity index (χ3n) is 5.22. The number of hydrogen-bond acceptors (Lipinski definition) is 4. The normalized spacial score (nSPS) is 15.5. The smallest absolute Gasteiger partial charge is 0.182 e. The number of benzene rings is 1. The minimum absolute atomic E-state index is 0.301. The molecule has 4 rings (SSSR count). The first-order valence-electron chi connectivity index (χ1n) is 9.34.